The molecule has 1 unspecified atom stereocenters. The minimum Gasteiger partial charge on any atom is -0.396 e. The first kappa shape index (κ1) is 15.5. The van der Waals surface area contributed by atoms with Crippen molar-refractivity contribution in [3.05, 3.63) is 0 Å². The Labute approximate surface area is 87.2 Å². The standard InChI is InChI=1S/C8H11F7O/c1-6(11,8(14,15)5(9)10)7(12,13)3-2-4-16/h5,16H,2-4H2,1H3. The molecule has 1 atom stereocenters. The summed E-state index contributed by atoms with van der Waals surface area (Å²) < 4.78 is 87.8. The SMILES string of the molecule is CC(F)(C(F)(F)CCCO)C(F)(F)C(F)F. The van der Waals surface area contributed by atoms with Crippen LogP contribution in [0.25, 0.3) is 0 Å². The summed E-state index contributed by atoms with van der Waals surface area (Å²) in [6.45, 7) is -1.04. The van der Waals surface area contributed by atoms with Gasteiger partial charge in [0.1, 0.15) is 0 Å². The lowest BCUT2D eigenvalue weighted by Gasteiger charge is -2.35. The minimum absolute atomic E-state index is 0.267. The molecule has 0 saturated heterocycles. The van der Waals surface area contributed by atoms with Crippen molar-refractivity contribution >= 4 is 0 Å². The highest BCUT2D eigenvalue weighted by atomic mass is 19.3. The first-order chi connectivity index (χ1) is 7.00. The highest BCUT2D eigenvalue weighted by Gasteiger charge is 2.70. The molecule has 0 bridgehead atoms. The van der Waals surface area contributed by atoms with Crippen LogP contribution in [0.4, 0.5) is 30.7 Å². The van der Waals surface area contributed by atoms with Crippen LogP contribution >= 0.6 is 0 Å². The lowest BCUT2D eigenvalue weighted by molar-refractivity contribution is -0.281. The van der Waals surface area contributed by atoms with Crippen LogP contribution < -0.4 is 0 Å². The molecule has 1 nitrogen and oxygen atoms in total. The van der Waals surface area contributed by atoms with Crippen LogP contribution in [0.15, 0.2) is 0 Å². The maximum Gasteiger partial charge on any atom is 0.346 e. The van der Waals surface area contributed by atoms with Gasteiger partial charge in [0.25, 0.3) is 5.92 Å². The Balaban J connectivity index is 5.01. The first-order valence-corrected chi connectivity index (χ1v) is 4.34. The van der Waals surface area contributed by atoms with E-state index in [1.165, 1.54) is 0 Å². The monoisotopic (exact) mass is 256 g/mol. The number of hydrogen-bond acceptors (Lipinski definition) is 1. The molecule has 0 saturated carbocycles. The van der Waals surface area contributed by atoms with Gasteiger partial charge in [-0.1, -0.05) is 0 Å². The second kappa shape index (κ2) is 4.77. The molecule has 0 rings (SSSR count). The van der Waals surface area contributed by atoms with E-state index in [0.717, 1.165) is 0 Å². The van der Waals surface area contributed by atoms with E-state index in [2.05, 4.69) is 0 Å². The van der Waals surface area contributed by atoms with Gasteiger partial charge in [-0.15, -0.1) is 0 Å². The van der Waals surface area contributed by atoms with Crippen molar-refractivity contribution in [2.75, 3.05) is 6.61 Å². The molecule has 0 aliphatic heterocycles. The minimum atomic E-state index is -5.45. The van der Waals surface area contributed by atoms with E-state index in [9.17, 15) is 30.7 Å². The van der Waals surface area contributed by atoms with Crippen molar-refractivity contribution in [3.8, 4) is 0 Å². The number of aliphatic hydroxyl groups excluding tert-OH is 1. The third kappa shape index (κ3) is 2.58. The Bertz CT molecular complexity index is 226. The van der Waals surface area contributed by atoms with Crippen molar-refractivity contribution in [3.63, 3.8) is 0 Å². The highest BCUT2D eigenvalue weighted by Crippen LogP contribution is 2.48. The van der Waals surface area contributed by atoms with Gasteiger partial charge in [0.05, 0.1) is 0 Å². The molecule has 0 amide bonds. The maximum absolute atomic E-state index is 13.2. The summed E-state index contributed by atoms with van der Waals surface area (Å²) in [6, 6.07) is 0. The summed E-state index contributed by atoms with van der Waals surface area (Å²) in [5.41, 5.74) is -4.66. The second-order valence-electron chi connectivity index (χ2n) is 3.46. The zero-order valence-electron chi connectivity index (χ0n) is 8.29. The van der Waals surface area contributed by atoms with Gasteiger partial charge in [-0.25, -0.2) is 22.0 Å². The van der Waals surface area contributed by atoms with Crippen LogP contribution in [0.5, 0.6) is 0 Å². The Morgan fingerprint density at radius 2 is 1.50 bits per heavy atom. The van der Waals surface area contributed by atoms with E-state index in [0.29, 0.717) is 0 Å². The van der Waals surface area contributed by atoms with Gasteiger partial charge in [0.15, 0.2) is 0 Å². The summed E-state index contributed by atoms with van der Waals surface area (Å²) >= 11 is 0. The second-order valence-corrected chi connectivity index (χ2v) is 3.46. The molecule has 0 radical (unpaired) electrons. The smallest absolute Gasteiger partial charge is 0.346 e. The van der Waals surface area contributed by atoms with E-state index < -0.39 is 43.4 Å². The normalized spacial score (nSPS) is 17.6. The quantitative estimate of drug-likeness (QED) is 0.724. The zero-order chi connectivity index (χ0) is 13.2. The fraction of sp³-hybridized carbons (Fsp3) is 1.00. The molecule has 0 heterocycles. The van der Waals surface area contributed by atoms with Gasteiger partial charge in [-0.2, -0.15) is 8.78 Å². The average molecular weight is 256 g/mol. The molecule has 0 aliphatic rings. The van der Waals surface area contributed by atoms with Gasteiger partial charge < -0.3 is 5.11 Å². The van der Waals surface area contributed by atoms with Crippen LogP contribution in [-0.4, -0.2) is 35.7 Å². The molecule has 0 aliphatic carbocycles. The summed E-state index contributed by atoms with van der Waals surface area (Å²) in [5.74, 6) is -10.1. The largest absolute Gasteiger partial charge is 0.396 e. The molecular formula is C8H11F7O. The fourth-order valence-corrected chi connectivity index (χ4v) is 0.985. The molecule has 0 aromatic heterocycles. The van der Waals surface area contributed by atoms with E-state index >= 15 is 0 Å². The van der Waals surface area contributed by atoms with Crippen LogP contribution in [0.1, 0.15) is 19.8 Å². The number of alkyl halides is 7. The predicted octanol–water partition coefficient (Wildman–Crippen LogP) is 3.02. The molecule has 0 aromatic carbocycles. The fourth-order valence-electron chi connectivity index (χ4n) is 0.985. The molecule has 0 aromatic rings. The van der Waals surface area contributed by atoms with Crippen molar-refractivity contribution in [2.45, 2.75) is 43.7 Å². The third-order valence-corrected chi connectivity index (χ3v) is 2.24. The summed E-state index contributed by atoms with van der Waals surface area (Å²) in [5, 5.41) is 8.22. The lowest BCUT2D eigenvalue weighted by Crippen LogP contribution is -2.58. The first-order valence-electron chi connectivity index (χ1n) is 4.34. The predicted molar refractivity (Wildman–Crippen MR) is 41.7 cm³/mol. The van der Waals surface area contributed by atoms with Gasteiger partial charge in [-0.05, 0) is 13.3 Å². The number of hydrogen-bond donors (Lipinski definition) is 1. The third-order valence-electron chi connectivity index (χ3n) is 2.24. The summed E-state index contributed by atoms with van der Waals surface area (Å²) in [6.07, 6.45) is -6.62. The molecular weight excluding hydrogens is 245 g/mol. The number of aliphatic hydroxyl groups is 1. The molecule has 16 heavy (non-hydrogen) atoms. The van der Waals surface area contributed by atoms with Crippen LogP contribution in [0, 0.1) is 0 Å². The Morgan fingerprint density at radius 1 is 1.06 bits per heavy atom. The Kier molecular flexibility index (Phi) is 4.61. The molecule has 8 heteroatoms. The Morgan fingerprint density at radius 3 is 1.81 bits per heavy atom. The van der Waals surface area contributed by atoms with Crippen molar-refractivity contribution in [1.29, 1.82) is 0 Å². The number of rotatable bonds is 6. The van der Waals surface area contributed by atoms with E-state index in [1.807, 2.05) is 0 Å². The maximum atomic E-state index is 13.2. The van der Waals surface area contributed by atoms with Crippen LogP contribution in [0.3, 0.4) is 0 Å². The topological polar surface area (TPSA) is 20.2 Å². The van der Waals surface area contributed by atoms with E-state index in [-0.39, 0.29) is 6.92 Å². The summed E-state index contributed by atoms with van der Waals surface area (Å²) in [7, 11) is 0. The average Bonchev–Trinajstić information content (AvgIpc) is 2.13. The Hall–Kier alpha value is -0.530. The number of halogens is 7. The van der Waals surface area contributed by atoms with Gasteiger partial charge in [-0.3, -0.25) is 0 Å². The van der Waals surface area contributed by atoms with Crippen LogP contribution in [-0.2, 0) is 0 Å². The molecule has 98 valence electrons. The van der Waals surface area contributed by atoms with Gasteiger partial charge >= 0.3 is 12.3 Å². The zero-order valence-corrected chi connectivity index (χ0v) is 8.29. The van der Waals surface area contributed by atoms with Crippen molar-refractivity contribution in [2.24, 2.45) is 0 Å². The van der Waals surface area contributed by atoms with E-state index in [1.54, 1.807) is 0 Å². The molecule has 0 spiro atoms. The van der Waals surface area contributed by atoms with Crippen molar-refractivity contribution < 1.29 is 35.8 Å². The lowest BCUT2D eigenvalue weighted by atomic mass is 9.89. The summed E-state index contributed by atoms with van der Waals surface area (Å²) in [4.78, 5) is 0. The van der Waals surface area contributed by atoms with Crippen LogP contribution in [0.2, 0.25) is 0 Å². The molecule has 1 N–H and O–H groups in total. The van der Waals surface area contributed by atoms with E-state index in [4.69, 9.17) is 5.11 Å². The van der Waals surface area contributed by atoms with Gasteiger partial charge in [0.2, 0.25) is 5.67 Å². The van der Waals surface area contributed by atoms with Crippen molar-refractivity contribution in [1.82, 2.24) is 0 Å². The highest BCUT2D eigenvalue weighted by molar-refractivity contribution is 5.02. The van der Waals surface area contributed by atoms with Gasteiger partial charge in [0, 0.05) is 13.0 Å². The molecule has 0 fully saturated rings.